The topological polar surface area (TPSA) is 81.8 Å². The molecule has 0 radical (unpaired) electrons. The van der Waals surface area contributed by atoms with E-state index in [1.54, 1.807) is 0 Å². The maximum absolute atomic E-state index is 11.9. The van der Waals surface area contributed by atoms with E-state index < -0.39 is 6.10 Å². The van der Waals surface area contributed by atoms with Crippen LogP contribution in [-0.2, 0) is 20.9 Å². The summed E-state index contributed by atoms with van der Waals surface area (Å²) >= 11 is 0. The van der Waals surface area contributed by atoms with E-state index in [9.17, 15) is 9.90 Å². The zero-order valence-electron chi connectivity index (χ0n) is 21.1. The van der Waals surface area contributed by atoms with E-state index in [0.29, 0.717) is 30.2 Å². The molecule has 0 bridgehead atoms. The predicted octanol–water partition coefficient (Wildman–Crippen LogP) is 6.23. The number of aryl methyl sites for hydroxylation is 1. The standard InChI is InChI=1S/C31H31NO5/c1-3-36-31(34)27-17-26(27)24-13-9-22(10-14-24)23-11-15-25(16-12-23)30-29(20(2)32-37-30)28(33)19-35-18-21-7-5-4-6-8-21/h4-16,26-28,33H,3,17-19H2,1-2H3/t26-,27-,28+/m0/s1. The lowest BCUT2D eigenvalue weighted by molar-refractivity contribution is -0.144. The lowest BCUT2D eigenvalue weighted by Crippen LogP contribution is -2.09. The summed E-state index contributed by atoms with van der Waals surface area (Å²) in [5.74, 6) is 0.700. The minimum atomic E-state index is -0.849. The maximum atomic E-state index is 11.9. The Hall–Kier alpha value is -3.74. The van der Waals surface area contributed by atoms with Crippen LogP contribution in [0.5, 0.6) is 0 Å². The number of hydrogen-bond donors (Lipinski definition) is 1. The minimum Gasteiger partial charge on any atom is -0.466 e. The fraction of sp³-hybridized carbons (Fsp3) is 0.290. The molecule has 37 heavy (non-hydrogen) atoms. The third-order valence-corrected chi connectivity index (χ3v) is 6.83. The predicted molar refractivity (Wildman–Crippen MR) is 141 cm³/mol. The van der Waals surface area contributed by atoms with Gasteiger partial charge in [0, 0.05) is 5.56 Å². The normalized spacial score (nSPS) is 17.4. The third-order valence-electron chi connectivity index (χ3n) is 6.83. The summed E-state index contributed by atoms with van der Waals surface area (Å²) in [5.41, 5.74) is 6.51. The average molecular weight is 498 g/mol. The van der Waals surface area contributed by atoms with Crippen LogP contribution in [0.2, 0.25) is 0 Å². The lowest BCUT2D eigenvalue weighted by atomic mass is 9.98. The Balaban J connectivity index is 1.24. The van der Waals surface area contributed by atoms with E-state index in [2.05, 4.69) is 29.4 Å². The summed E-state index contributed by atoms with van der Waals surface area (Å²) in [7, 11) is 0. The highest BCUT2D eigenvalue weighted by molar-refractivity contribution is 5.77. The summed E-state index contributed by atoms with van der Waals surface area (Å²) in [5, 5.41) is 14.9. The van der Waals surface area contributed by atoms with Crippen LogP contribution in [0.4, 0.5) is 0 Å². The molecule has 1 saturated carbocycles. The summed E-state index contributed by atoms with van der Waals surface area (Å²) in [6, 6.07) is 26.2. The molecule has 0 saturated heterocycles. The Morgan fingerprint density at radius 3 is 2.32 bits per heavy atom. The number of carbonyl (C=O) groups is 1. The van der Waals surface area contributed by atoms with Crippen molar-refractivity contribution < 1.29 is 23.9 Å². The van der Waals surface area contributed by atoms with Crippen LogP contribution in [0.3, 0.4) is 0 Å². The molecule has 1 aliphatic rings. The number of carbonyl (C=O) groups excluding carboxylic acids is 1. The number of aliphatic hydroxyl groups is 1. The molecule has 4 aromatic rings. The summed E-state index contributed by atoms with van der Waals surface area (Å²) in [6.45, 7) is 4.66. The molecule has 1 aromatic heterocycles. The minimum absolute atomic E-state index is 0.0104. The van der Waals surface area contributed by atoms with Crippen LogP contribution in [0.25, 0.3) is 22.5 Å². The molecule has 0 unspecified atom stereocenters. The Kier molecular flexibility index (Phi) is 7.49. The molecular weight excluding hydrogens is 466 g/mol. The number of benzene rings is 3. The number of aliphatic hydroxyl groups excluding tert-OH is 1. The first-order valence-electron chi connectivity index (χ1n) is 12.7. The van der Waals surface area contributed by atoms with Gasteiger partial charge in [0.1, 0.15) is 6.10 Å². The largest absolute Gasteiger partial charge is 0.466 e. The van der Waals surface area contributed by atoms with Crippen LogP contribution in [0.15, 0.2) is 83.4 Å². The van der Waals surface area contributed by atoms with Gasteiger partial charge in [-0.25, -0.2) is 0 Å². The molecule has 1 N–H and O–H groups in total. The van der Waals surface area contributed by atoms with Gasteiger partial charge in [0.2, 0.25) is 0 Å². The molecular formula is C31H31NO5. The molecule has 1 fully saturated rings. The van der Waals surface area contributed by atoms with Gasteiger partial charge in [0.15, 0.2) is 5.76 Å². The van der Waals surface area contributed by atoms with Gasteiger partial charge in [-0.15, -0.1) is 0 Å². The molecule has 190 valence electrons. The van der Waals surface area contributed by atoms with Gasteiger partial charge in [-0.1, -0.05) is 84.0 Å². The molecule has 0 amide bonds. The molecule has 0 spiro atoms. The number of nitrogens with zero attached hydrogens (tertiary/aromatic N) is 1. The number of esters is 1. The molecule has 6 nitrogen and oxygen atoms in total. The highest BCUT2D eigenvalue weighted by atomic mass is 16.5. The molecule has 6 heteroatoms. The van der Waals surface area contributed by atoms with Gasteiger partial charge in [0.05, 0.1) is 37.0 Å². The Labute approximate surface area is 216 Å². The fourth-order valence-electron chi connectivity index (χ4n) is 4.73. The van der Waals surface area contributed by atoms with E-state index in [-0.39, 0.29) is 24.4 Å². The first-order chi connectivity index (χ1) is 18.0. The fourth-order valence-corrected chi connectivity index (χ4v) is 4.73. The Bertz CT molecular complexity index is 1330. The second-order valence-corrected chi connectivity index (χ2v) is 9.43. The van der Waals surface area contributed by atoms with E-state index in [1.807, 2.05) is 68.4 Å². The number of hydrogen-bond acceptors (Lipinski definition) is 6. The van der Waals surface area contributed by atoms with Crippen molar-refractivity contribution in [1.29, 1.82) is 0 Å². The van der Waals surface area contributed by atoms with Gasteiger partial charge in [-0.05, 0) is 48.4 Å². The second-order valence-electron chi connectivity index (χ2n) is 9.43. The van der Waals surface area contributed by atoms with Crippen molar-refractivity contribution in [3.05, 3.63) is 101 Å². The number of rotatable bonds is 10. The molecule has 1 aliphatic carbocycles. The molecule has 1 heterocycles. The third kappa shape index (κ3) is 5.66. The van der Waals surface area contributed by atoms with Crippen LogP contribution in [0.1, 0.15) is 47.8 Å². The van der Waals surface area contributed by atoms with E-state index in [1.165, 1.54) is 5.56 Å². The van der Waals surface area contributed by atoms with Crippen LogP contribution in [-0.4, -0.2) is 29.4 Å². The van der Waals surface area contributed by atoms with Crippen molar-refractivity contribution in [3.8, 4) is 22.5 Å². The zero-order valence-corrected chi connectivity index (χ0v) is 21.1. The molecule has 3 atom stereocenters. The molecule has 3 aromatic carbocycles. The first kappa shape index (κ1) is 24.9. The van der Waals surface area contributed by atoms with Gasteiger partial charge >= 0.3 is 5.97 Å². The van der Waals surface area contributed by atoms with Gasteiger partial charge in [-0.3, -0.25) is 4.79 Å². The van der Waals surface area contributed by atoms with E-state index in [4.69, 9.17) is 14.0 Å². The Morgan fingerprint density at radius 1 is 1.00 bits per heavy atom. The smallest absolute Gasteiger partial charge is 0.309 e. The van der Waals surface area contributed by atoms with Crippen LogP contribution in [0, 0.1) is 12.8 Å². The summed E-state index contributed by atoms with van der Waals surface area (Å²) in [6.07, 6.45) is 0.00707. The summed E-state index contributed by atoms with van der Waals surface area (Å²) in [4.78, 5) is 11.9. The summed E-state index contributed by atoms with van der Waals surface area (Å²) < 4.78 is 16.5. The quantitative estimate of drug-likeness (QED) is 0.262. The van der Waals surface area contributed by atoms with Crippen molar-refractivity contribution in [2.75, 3.05) is 13.2 Å². The van der Waals surface area contributed by atoms with Crippen molar-refractivity contribution in [2.24, 2.45) is 5.92 Å². The van der Waals surface area contributed by atoms with Crippen molar-refractivity contribution >= 4 is 5.97 Å². The highest BCUT2D eigenvalue weighted by Gasteiger charge is 2.45. The number of aromatic nitrogens is 1. The van der Waals surface area contributed by atoms with Crippen LogP contribution >= 0.6 is 0 Å². The Morgan fingerprint density at radius 2 is 1.65 bits per heavy atom. The number of ether oxygens (including phenoxy) is 2. The van der Waals surface area contributed by atoms with Crippen molar-refractivity contribution in [3.63, 3.8) is 0 Å². The van der Waals surface area contributed by atoms with E-state index >= 15 is 0 Å². The highest BCUT2D eigenvalue weighted by Crippen LogP contribution is 2.48. The zero-order chi connectivity index (χ0) is 25.8. The van der Waals surface area contributed by atoms with Crippen molar-refractivity contribution in [2.45, 2.75) is 38.9 Å². The van der Waals surface area contributed by atoms with Gasteiger partial charge < -0.3 is 19.1 Å². The SMILES string of the molecule is CCOC(=O)[C@H]1C[C@H]1c1ccc(-c2ccc(-c3onc(C)c3[C@H](O)COCc3ccccc3)cc2)cc1. The van der Waals surface area contributed by atoms with Gasteiger partial charge in [0.25, 0.3) is 0 Å². The maximum Gasteiger partial charge on any atom is 0.309 e. The van der Waals surface area contributed by atoms with Gasteiger partial charge in [-0.2, -0.15) is 0 Å². The van der Waals surface area contributed by atoms with Crippen LogP contribution < -0.4 is 0 Å². The molecule has 0 aliphatic heterocycles. The first-order valence-corrected chi connectivity index (χ1v) is 12.7. The molecule has 5 rings (SSSR count). The van der Waals surface area contributed by atoms with E-state index in [0.717, 1.165) is 28.7 Å². The monoisotopic (exact) mass is 497 g/mol. The lowest BCUT2D eigenvalue weighted by Gasteiger charge is -2.12. The average Bonchev–Trinajstić information content (AvgIpc) is 3.64. The van der Waals surface area contributed by atoms with Crippen molar-refractivity contribution in [1.82, 2.24) is 5.16 Å². The second kappa shape index (κ2) is 11.1.